The number of nitrogens with one attached hydrogen (secondary N) is 2. The second-order valence-electron chi connectivity index (χ2n) is 7.68. The number of H-pyrrole nitrogens is 2. The van der Waals surface area contributed by atoms with Crippen molar-refractivity contribution in [1.29, 1.82) is 0 Å². The number of aryl methyl sites for hydroxylation is 1. The van der Waals surface area contributed by atoms with E-state index < -0.39 is 10.1 Å². The van der Waals surface area contributed by atoms with Crippen LogP contribution in [0, 0.1) is 6.92 Å². The van der Waals surface area contributed by atoms with Gasteiger partial charge in [0.05, 0.1) is 22.9 Å². The monoisotopic (exact) mass is 476 g/mol. The van der Waals surface area contributed by atoms with Crippen molar-refractivity contribution < 1.29 is 13.0 Å². The minimum atomic E-state index is -3.67. The predicted molar refractivity (Wildman–Crippen MR) is 124 cm³/mol. The Hall–Kier alpha value is -3.02. The summed E-state index contributed by atoms with van der Waals surface area (Å²) >= 11 is 6.22. The van der Waals surface area contributed by atoms with Crippen LogP contribution in [0.4, 0.5) is 5.82 Å². The molecule has 10 nitrogen and oxygen atoms in total. The Bertz CT molecular complexity index is 1490. The van der Waals surface area contributed by atoms with Crippen LogP contribution >= 0.6 is 11.6 Å². The van der Waals surface area contributed by atoms with Gasteiger partial charge in [0.25, 0.3) is 15.7 Å². The first-order valence-corrected chi connectivity index (χ1v) is 12.0. The second-order valence-corrected chi connectivity index (χ2v) is 9.54. The topological polar surface area (TPSA) is 145 Å². The molecule has 1 saturated heterocycles. The molecule has 12 heteroatoms. The molecule has 0 unspecified atom stereocenters. The van der Waals surface area contributed by atoms with E-state index in [-0.39, 0.29) is 5.56 Å². The summed E-state index contributed by atoms with van der Waals surface area (Å²) in [7, 11) is -3.67. The number of hydrogen-bond acceptors (Lipinski definition) is 7. The Labute approximate surface area is 188 Å². The maximum Gasteiger partial charge on any atom is 0.261 e. The summed E-state index contributed by atoms with van der Waals surface area (Å²) < 4.78 is 25.9. The molecule has 0 bridgehead atoms. The van der Waals surface area contributed by atoms with Crippen LogP contribution in [0.3, 0.4) is 0 Å². The number of fused-ring (bicyclic) bond motifs is 2. The van der Waals surface area contributed by atoms with Crippen molar-refractivity contribution >= 4 is 49.5 Å². The van der Waals surface area contributed by atoms with E-state index in [1.165, 1.54) is 0 Å². The van der Waals surface area contributed by atoms with E-state index in [9.17, 15) is 13.2 Å². The van der Waals surface area contributed by atoms with Crippen LogP contribution in [-0.2, 0) is 10.1 Å². The average molecular weight is 477 g/mol. The summed E-state index contributed by atoms with van der Waals surface area (Å²) in [6.45, 7) is 4.98. The molecule has 0 spiro atoms. The van der Waals surface area contributed by atoms with Gasteiger partial charge in [-0.3, -0.25) is 14.3 Å². The van der Waals surface area contributed by atoms with Gasteiger partial charge < -0.3 is 14.9 Å². The standard InChI is InChI=1S/C19H17ClN6O.CH4O3S/c1-9-4-6-26(9)18-16-14(8-15(20)24-18)22-17(25-16)12-7-11-10(2)21-5-3-13(11)23-19(12)27;1-5(2,3)4/h3,5,7-9H,4,6H2,1-2H3,(H,22,25)(H,23,27);1H3,(H,2,3,4)/t9-;/m1./s1. The summed E-state index contributed by atoms with van der Waals surface area (Å²) in [5.74, 6) is 1.25. The van der Waals surface area contributed by atoms with Crippen molar-refractivity contribution in [2.45, 2.75) is 26.3 Å². The molecule has 0 radical (unpaired) electrons. The highest BCUT2D eigenvalue weighted by Gasteiger charge is 2.28. The Morgan fingerprint density at radius 3 is 2.56 bits per heavy atom. The smallest absolute Gasteiger partial charge is 0.261 e. The Balaban J connectivity index is 0.000000444. The van der Waals surface area contributed by atoms with Gasteiger partial charge in [-0.15, -0.1) is 0 Å². The molecule has 32 heavy (non-hydrogen) atoms. The van der Waals surface area contributed by atoms with Crippen LogP contribution in [0.2, 0.25) is 5.15 Å². The zero-order chi connectivity index (χ0) is 23.2. The van der Waals surface area contributed by atoms with Crippen LogP contribution in [0.25, 0.3) is 33.3 Å². The van der Waals surface area contributed by atoms with E-state index in [2.05, 4.69) is 31.8 Å². The summed E-state index contributed by atoms with van der Waals surface area (Å²) in [5, 5.41) is 1.29. The fourth-order valence-corrected chi connectivity index (χ4v) is 3.76. The molecule has 1 aliphatic heterocycles. The number of imidazole rings is 1. The van der Waals surface area contributed by atoms with Crippen molar-refractivity contribution in [2.24, 2.45) is 0 Å². The van der Waals surface area contributed by atoms with Crippen LogP contribution in [0.1, 0.15) is 19.0 Å². The quantitative estimate of drug-likeness (QED) is 0.296. The molecule has 168 valence electrons. The number of hydrogen-bond donors (Lipinski definition) is 3. The molecule has 3 N–H and O–H groups in total. The highest BCUT2D eigenvalue weighted by Crippen LogP contribution is 2.33. The molecule has 1 aliphatic rings. The Morgan fingerprint density at radius 1 is 1.22 bits per heavy atom. The van der Waals surface area contributed by atoms with E-state index >= 15 is 0 Å². The second kappa shape index (κ2) is 8.15. The Morgan fingerprint density at radius 2 is 1.94 bits per heavy atom. The van der Waals surface area contributed by atoms with Crippen molar-refractivity contribution in [1.82, 2.24) is 24.9 Å². The molecule has 4 aromatic heterocycles. The summed E-state index contributed by atoms with van der Waals surface area (Å²) in [5.41, 5.74) is 3.36. The van der Waals surface area contributed by atoms with Crippen LogP contribution < -0.4 is 10.5 Å². The number of aromatic nitrogens is 5. The number of rotatable bonds is 2. The summed E-state index contributed by atoms with van der Waals surface area (Å²) in [6, 6.07) is 5.76. The molecule has 5 heterocycles. The van der Waals surface area contributed by atoms with Crippen molar-refractivity contribution in [3.8, 4) is 11.4 Å². The first-order valence-electron chi connectivity index (χ1n) is 9.75. The van der Waals surface area contributed by atoms with Crippen molar-refractivity contribution in [3.05, 3.63) is 45.6 Å². The Kier molecular flexibility index (Phi) is 5.65. The summed E-state index contributed by atoms with van der Waals surface area (Å²) in [4.78, 5) is 34.4. The number of anilines is 1. The third kappa shape index (κ3) is 4.45. The van der Waals surface area contributed by atoms with Gasteiger partial charge in [-0.25, -0.2) is 9.97 Å². The molecular weight excluding hydrogens is 456 g/mol. The minimum Gasteiger partial charge on any atom is -0.352 e. The lowest BCUT2D eigenvalue weighted by Crippen LogP contribution is -2.46. The predicted octanol–water partition coefficient (Wildman–Crippen LogP) is 2.93. The van der Waals surface area contributed by atoms with E-state index in [0.717, 1.165) is 46.4 Å². The average Bonchev–Trinajstić information content (AvgIpc) is 3.09. The largest absolute Gasteiger partial charge is 0.352 e. The van der Waals surface area contributed by atoms with Gasteiger partial charge in [-0.1, -0.05) is 11.6 Å². The van der Waals surface area contributed by atoms with Gasteiger partial charge in [0.1, 0.15) is 16.5 Å². The van der Waals surface area contributed by atoms with Crippen LogP contribution in [0.5, 0.6) is 0 Å². The lowest BCUT2D eigenvalue weighted by Gasteiger charge is -2.39. The third-order valence-electron chi connectivity index (χ3n) is 5.24. The molecular formula is C20H21ClN6O4S. The minimum absolute atomic E-state index is 0.204. The SMILES string of the molecule is CS(=O)(=O)O.Cc1nccc2[nH]c(=O)c(-c3nc4c(N5CC[C@H]5C)nc(Cl)cc4[nH]3)cc12. The molecule has 0 aromatic carbocycles. The summed E-state index contributed by atoms with van der Waals surface area (Å²) in [6.07, 6.45) is 3.51. The number of aromatic amines is 2. The molecule has 5 rings (SSSR count). The molecule has 1 atom stereocenters. The lowest BCUT2D eigenvalue weighted by atomic mass is 10.1. The maximum atomic E-state index is 12.6. The van der Waals surface area contributed by atoms with Crippen LogP contribution in [-0.4, -0.2) is 56.7 Å². The third-order valence-corrected chi connectivity index (χ3v) is 5.43. The highest BCUT2D eigenvalue weighted by atomic mass is 35.5. The lowest BCUT2D eigenvalue weighted by molar-refractivity contribution is 0.478. The fraction of sp³-hybridized carbons (Fsp3) is 0.300. The zero-order valence-electron chi connectivity index (χ0n) is 17.5. The normalized spacial score (nSPS) is 16.0. The first-order chi connectivity index (χ1) is 15.0. The van der Waals surface area contributed by atoms with E-state index in [1.807, 2.05) is 13.0 Å². The molecule has 1 fully saturated rings. The molecule has 0 saturated carbocycles. The van der Waals surface area contributed by atoms with Gasteiger partial charge in [0, 0.05) is 35.9 Å². The molecule has 0 aliphatic carbocycles. The van der Waals surface area contributed by atoms with Gasteiger partial charge >= 0.3 is 0 Å². The number of halogens is 1. The van der Waals surface area contributed by atoms with E-state index in [0.29, 0.717) is 28.8 Å². The maximum absolute atomic E-state index is 12.6. The number of pyridine rings is 3. The molecule has 4 aromatic rings. The van der Waals surface area contributed by atoms with E-state index in [1.54, 1.807) is 18.3 Å². The zero-order valence-corrected chi connectivity index (χ0v) is 19.1. The van der Waals surface area contributed by atoms with Gasteiger partial charge in [-0.2, -0.15) is 8.42 Å². The highest BCUT2D eigenvalue weighted by molar-refractivity contribution is 7.85. The fourth-order valence-electron chi connectivity index (χ4n) is 3.57. The van der Waals surface area contributed by atoms with Crippen LogP contribution in [0.15, 0.2) is 29.2 Å². The van der Waals surface area contributed by atoms with Gasteiger partial charge in [0.15, 0.2) is 5.82 Å². The number of nitrogens with zero attached hydrogens (tertiary/aromatic N) is 4. The van der Waals surface area contributed by atoms with Gasteiger partial charge in [-0.05, 0) is 32.4 Å². The van der Waals surface area contributed by atoms with E-state index in [4.69, 9.17) is 21.1 Å². The first kappa shape index (κ1) is 22.2. The van der Waals surface area contributed by atoms with Gasteiger partial charge in [0.2, 0.25) is 0 Å². The van der Waals surface area contributed by atoms with Crippen molar-refractivity contribution in [2.75, 3.05) is 17.7 Å². The van der Waals surface area contributed by atoms with Crippen molar-refractivity contribution in [3.63, 3.8) is 0 Å². The molecule has 0 amide bonds.